The lowest BCUT2D eigenvalue weighted by Gasteiger charge is -2.44. The molecule has 1 saturated heterocycles. The summed E-state index contributed by atoms with van der Waals surface area (Å²) in [5, 5.41) is 9.64. The minimum Gasteiger partial charge on any atom is -0.478 e. The van der Waals surface area contributed by atoms with Crippen molar-refractivity contribution in [1.82, 2.24) is 9.80 Å². The largest absolute Gasteiger partial charge is 0.478 e. The second-order valence-electron chi connectivity index (χ2n) is 7.23. The van der Waals surface area contributed by atoms with Crippen LogP contribution in [0.1, 0.15) is 25.8 Å². The molecule has 2 aliphatic rings. The van der Waals surface area contributed by atoms with Gasteiger partial charge in [-0.1, -0.05) is 19.1 Å². The van der Waals surface area contributed by atoms with Gasteiger partial charge in [0.15, 0.2) is 0 Å². The number of allylic oxidation sites excluding steroid dienone is 2. The Balaban J connectivity index is 1.82. The summed E-state index contributed by atoms with van der Waals surface area (Å²) in [7, 11) is 0. The molecular formula is C22H29FN2O3S. The number of carboxylic acids is 1. The van der Waals surface area contributed by atoms with E-state index in [1.54, 1.807) is 11.8 Å². The molecule has 1 fully saturated rings. The average Bonchev–Trinajstić information content (AvgIpc) is 2.71. The number of thioether (sulfide) groups is 1. The minimum atomic E-state index is -0.853. The molecule has 1 atom stereocenters. The van der Waals surface area contributed by atoms with Gasteiger partial charge in [-0.25, -0.2) is 9.18 Å². The van der Waals surface area contributed by atoms with Crippen LogP contribution in [0.4, 0.5) is 4.39 Å². The molecule has 5 nitrogen and oxygen atoms in total. The molecule has 158 valence electrons. The molecule has 1 unspecified atom stereocenters. The first-order chi connectivity index (χ1) is 14.0. The third-order valence-corrected chi connectivity index (χ3v) is 6.40. The van der Waals surface area contributed by atoms with Gasteiger partial charge in [-0.2, -0.15) is 0 Å². The number of aliphatic carboxylic acids is 1. The maximum absolute atomic E-state index is 13.2. The van der Waals surface area contributed by atoms with Crippen LogP contribution in [-0.2, 0) is 16.0 Å². The Morgan fingerprint density at radius 3 is 2.59 bits per heavy atom. The van der Waals surface area contributed by atoms with Crippen molar-refractivity contribution in [3.63, 3.8) is 0 Å². The fraction of sp³-hybridized carbons (Fsp3) is 0.500. The van der Waals surface area contributed by atoms with Crippen molar-refractivity contribution in [2.75, 3.05) is 38.6 Å². The van der Waals surface area contributed by atoms with Crippen molar-refractivity contribution in [2.45, 2.75) is 32.1 Å². The van der Waals surface area contributed by atoms with Gasteiger partial charge >= 0.3 is 5.97 Å². The number of hydrogen-bond acceptors (Lipinski definition) is 5. The molecule has 29 heavy (non-hydrogen) atoms. The number of nitrogens with zero attached hydrogens (tertiary/aromatic N) is 2. The summed E-state index contributed by atoms with van der Waals surface area (Å²) in [6.45, 7) is 7.66. The van der Waals surface area contributed by atoms with Gasteiger partial charge in [-0.3, -0.25) is 0 Å². The normalized spacial score (nSPS) is 20.1. The number of benzene rings is 1. The van der Waals surface area contributed by atoms with Crippen molar-refractivity contribution >= 4 is 17.7 Å². The van der Waals surface area contributed by atoms with Crippen LogP contribution in [0.3, 0.4) is 0 Å². The zero-order valence-corrected chi connectivity index (χ0v) is 17.9. The first-order valence-electron chi connectivity index (χ1n) is 10.1. The number of carboxylic acid groups (broad SMARTS) is 1. The Kier molecular flexibility index (Phi) is 7.61. The lowest BCUT2D eigenvalue weighted by Crippen LogP contribution is -2.48. The predicted octanol–water partition coefficient (Wildman–Crippen LogP) is 3.73. The van der Waals surface area contributed by atoms with Crippen LogP contribution < -0.4 is 0 Å². The van der Waals surface area contributed by atoms with E-state index in [4.69, 9.17) is 4.74 Å². The van der Waals surface area contributed by atoms with E-state index in [1.807, 2.05) is 25.1 Å². The van der Waals surface area contributed by atoms with E-state index in [1.165, 1.54) is 12.1 Å². The van der Waals surface area contributed by atoms with Crippen LogP contribution in [0.25, 0.3) is 0 Å². The van der Waals surface area contributed by atoms with E-state index in [2.05, 4.69) is 16.7 Å². The third-order valence-electron chi connectivity index (χ3n) is 5.26. The molecule has 7 heteroatoms. The van der Waals surface area contributed by atoms with Gasteiger partial charge in [0.1, 0.15) is 17.0 Å². The summed E-state index contributed by atoms with van der Waals surface area (Å²) >= 11 is 1.66. The van der Waals surface area contributed by atoms with Crippen molar-refractivity contribution in [3.05, 3.63) is 58.7 Å². The molecule has 0 aromatic heterocycles. The summed E-state index contributed by atoms with van der Waals surface area (Å²) in [6.07, 6.45) is 3.70. The van der Waals surface area contributed by atoms with Gasteiger partial charge in [0.05, 0.1) is 18.8 Å². The quantitative estimate of drug-likeness (QED) is 0.692. The summed E-state index contributed by atoms with van der Waals surface area (Å²) in [5.74, 6) is 0.836. The molecule has 0 aliphatic carbocycles. The lowest BCUT2D eigenvalue weighted by atomic mass is 10.0. The van der Waals surface area contributed by atoms with Crippen LogP contribution in [-0.4, -0.2) is 64.9 Å². The highest BCUT2D eigenvalue weighted by Gasteiger charge is 2.35. The number of aryl methyl sites for hydroxylation is 1. The highest BCUT2D eigenvalue weighted by molar-refractivity contribution is 8.00. The number of halogens is 1. The van der Waals surface area contributed by atoms with Crippen molar-refractivity contribution in [2.24, 2.45) is 0 Å². The van der Waals surface area contributed by atoms with Gasteiger partial charge in [0.2, 0.25) is 0 Å². The lowest BCUT2D eigenvalue weighted by molar-refractivity contribution is -0.133. The molecule has 0 bridgehead atoms. The number of rotatable bonds is 8. The Morgan fingerprint density at radius 1 is 1.28 bits per heavy atom. The zero-order chi connectivity index (χ0) is 20.8. The fourth-order valence-electron chi connectivity index (χ4n) is 3.83. The van der Waals surface area contributed by atoms with Crippen LogP contribution >= 0.6 is 11.8 Å². The van der Waals surface area contributed by atoms with Gasteiger partial charge in [0.25, 0.3) is 0 Å². The summed E-state index contributed by atoms with van der Waals surface area (Å²) < 4.78 is 18.7. The molecule has 0 saturated carbocycles. The first kappa shape index (κ1) is 21.7. The van der Waals surface area contributed by atoms with E-state index in [-0.39, 0.29) is 11.2 Å². The second kappa shape index (κ2) is 10.2. The van der Waals surface area contributed by atoms with Crippen LogP contribution in [0, 0.1) is 5.82 Å². The van der Waals surface area contributed by atoms with E-state index in [0.717, 1.165) is 55.2 Å². The summed E-state index contributed by atoms with van der Waals surface area (Å²) in [6, 6.07) is 6.60. The van der Waals surface area contributed by atoms with Gasteiger partial charge in [-0.05, 0) is 54.9 Å². The van der Waals surface area contributed by atoms with E-state index in [9.17, 15) is 14.3 Å². The number of carbonyl (C=O) groups is 1. The Morgan fingerprint density at radius 2 is 1.97 bits per heavy atom. The first-order valence-corrected chi connectivity index (χ1v) is 11.2. The highest BCUT2D eigenvalue weighted by Crippen LogP contribution is 2.35. The Bertz CT molecular complexity index is 773. The average molecular weight is 421 g/mol. The van der Waals surface area contributed by atoms with Gasteiger partial charge < -0.3 is 19.6 Å². The summed E-state index contributed by atoms with van der Waals surface area (Å²) in [4.78, 5) is 16.5. The molecule has 1 N–H and O–H groups in total. The SMILES string of the molecule is CCSC1C(C(=O)O)=C(C)C=C(N2CCOCC2)N1CCCc1ccc(F)cc1. The van der Waals surface area contributed by atoms with Gasteiger partial charge in [0, 0.05) is 19.6 Å². The maximum atomic E-state index is 13.2. The number of morpholine rings is 1. The maximum Gasteiger partial charge on any atom is 0.334 e. The van der Waals surface area contributed by atoms with Crippen molar-refractivity contribution in [3.8, 4) is 0 Å². The topological polar surface area (TPSA) is 53.0 Å². The third kappa shape index (κ3) is 5.34. The molecule has 0 radical (unpaired) electrons. The monoisotopic (exact) mass is 420 g/mol. The van der Waals surface area contributed by atoms with Crippen molar-refractivity contribution < 1.29 is 19.0 Å². The molecule has 2 aliphatic heterocycles. The van der Waals surface area contributed by atoms with E-state index in [0.29, 0.717) is 18.8 Å². The molecule has 0 amide bonds. The molecular weight excluding hydrogens is 391 g/mol. The highest BCUT2D eigenvalue weighted by atomic mass is 32.2. The Hall–Kier alpha value is -1.99. The number of ether oxygens (including phenoxy) is 1. The number of hydrogen-bond donors (Lipinski definition) is 1. The molecule has 1 aromatic carbocycles. The van der Waals surface area contributed by atoms with Crippen LogP contribution in [0.15, 0.2) is 47.3 Å². The van der Waals surface area contributed by atoms with E-state index < -0.39 is 5.97 Å². The zero-order valence-electron chi connectivity index (χ0n) is 17.1. The standard InChI is InChI=1S/C22H29FN2O3S/c1-3-29-21-20(22(26)27)16(2)15-19(24-11-13-28-14-12-24)25(21)10-4-5-17-6-8-18(23)9-7-17/h6-9,15,21H,3-5,10-14H2,1-2H3,(H,26,27). The Labute approximate surface area is 176 Å². The molecule has 1 aromatic rings. The minimum absolute atomic E-state index is 0.214. The predicted molar refractivity (Wildman–Crippen MR) is 114 cm³/mol. The van der Waals surface area contributed by atoms with Crippen LogP contribution in [0.2, 0.25) is 0 Å². The molecule has 2 heterocycles. The van der Waals surface area contributed by atoms with Crippen LogP contribution in [0.5, 0.6) is 0 Å². The second-order valence-corrected chi connectivity index (χ2v) is 8.59. The van der Waals surface area contributed by atoms with Crippen molar-refractivity contribution in [1.29, 1.82) is 0 Å². The van der Waals surface area contributed by atoms with Gasteiger partial charge in [-0.15, -0.1) is 11.8 Å². The fourth-order valence-corrected chi connectivity index (χ4v) is 4.99. The molecule has 3 rings (SSSR count). The summed E-state index contributed by atoms with van der Waals surface area (Å²) in [5.41, 5.74) is 2.38. The smallest absolute Gasteiger partial charge is 0.334 e. The van der Waals surface area contributed by atoms with E-state index >= 15 is 0 Å². The molecule has 0 spiro atoms.